The molecule has 102 valence electrons. The molecule has 0 atom stereocenters. The molecule has 1 aliphatic rings. The molecule has 20 heavy (non-hydrogen) atoms. The molecule has 0 radical (unpaired) electrons. The van der Waals surface area contributed by atoms with E-state index >= 15 is 0 Å². The molecule has 0 unspecified atom stereocenters. The summed E-state index contributed by atoms with van der Waals surface area (Å²) in [7, 11) is 0. The van der Waals surface area contributed by atoms with Crippen LogP contribution in [-0.2, 0) is 0 Å². The van der Waals surface area contributed by atoms with Crippen LogP contribution < -0.4 is 10.6 Å². The van der Waals surface area contributed by atoms with Gasteiger partial charge in [0.1, 0.15) is 5.82 Å². The van der Waals surface area contributed by atoms with E-state index in [4.69, 9.17) is 0 Å². The quantitative estimate of drug-likeness (QED) is 0.894. The molecule has 1 aliphatic carbocycles. The zero-order valence-corrected chi connectivity index (χ0v) is 11.3. The van der Waals surface area contributed by atoms with Crippen molar-refractivity contribution in [3.63, 3.8) is 0 Å². The molecule has 1 saturated carbocycles. The first-order valence-corrected chi connectivity index (χ1v) is 6.69. The van der Waals surface area contributed by atoms with Crippen LogP contribution >= 0.6 is 0 Å². The van der Waals surface area contributed by atoms with E-state index in [0.29, 0.717) is 17.4 Å². The highest BCUT2D eigenvalue weighted by atomic mass is 16.1. The van der Waals surface area contributed by atoms with Gasteiger partial charge < -0.3 is 10.6 Å². The second kappa shape index (κ2) is 5.28. The monoisotopic (exact) mass is 268 g/mol. The summed E-state index contributed by atoms with van der Waals surface area (Å²) >= 11 is 0. The minimum atomic E-state index is -0.175. The second-order valence-corrected chi connectivity index (χ2v) is 5.05. The van der Waals surface area contributed by atoms with Gasteiger partial charge in [0.25, 0.3) is 5.91 Å². The van der Waals surface area contributed by atoms with E-state index in [-0.39, 0.29) is 5.91 Å². The van der Waals surface area contributed by atoms with E-state index in [2.05, 4.69) is 20.8 Å². The summed E-state index contributed by atoms with van der Waals surface area (Å²) in [4.78, 5) is 12.0. The van der Waals surface area contributed by atoms with Crippen molar-refractivity contribution in [2.75, 3.05) is 10.6 Å². The molecule has 1 aromatic carbocycles. The van der Waals surface area contributed by atoms with Crippen molar-refractivity contribution >= 4 is 17.5 Å². The van der Waals surface area contributed by atoms with E-state index in [9.17, 15) is 4.79 Å². The predicted molar refractivity (Wildman–Crippen MR) is 77.8 cm³/mol. The summed E-state index contributed by atoms with van der Waals surface area (Å²) in [5.41, 5.74) is 1.67. The Kier molecular flexibility index (Phi) is 3.33. The van der Waals surface area contributed by atoms with Gasteiger partial charge in [0.15, 0.2) is 5.82 Å². The molecule has 5 nitrogen and oxygen atoms in total. The van der Waals surface area contributed by atoms with Crippen molar-refractivity contribution in [3.8, 4) is 0 Å². The summed E-state index contributed by atoms with van der Waals surface area (Å²) in [6, 6.07) is 11.6. The number of aromatic nitrogens is 2. The third-order valence-electron chi connectivity index (χ3n) is 3.12. The molecular formula is C15H16N4O. The van der Waals surface area contributed by atoms with Gasteiger partial charge in [-0.05, 0) is 44.0 Å². The molecule has 0 aliphatic heterocycles. The molecule has 3 rings (SSSR count). The number of aryl methyl sites for hydroxylation is 1. The Bertz CT molecular complexity index is 620. The van der Waals surface area contributed by atoms with Gasteiger partial charge in [0.05, 0.1) is 0 Å². The molecule has 5 heteroatoms. The fourth-order valence-corrected chi connectivity index (χ4v) is 1.89. The Morgan fingerprint density at radius 3 is 2.55 bits per heavy atom. The molecular weight excluding hydrogens is 252 g/mol. The SMILES string of the molecule is Cc1cccc(C(=O)Nc2ccc(NC3CC3)nn2)c1. The molecule has 2 N–H and O–H groups in total. The van der Waals surface area contributed by atoms with Crippen LogP contribution in [-0.4, -0.2) is 22.1 Å². The van der Waals surface area contributed by atoms with E-state index in [0.717, 1.165) is 11.4 Å². The summed E-state index contributed by atoms with van der Waals surface area (Å²) < 4.78 is 0. The fraction of sp³-hybridized carbons (Fsp3) is 0.267. The van der Waals surface area contributed by atoms with Crippen LogP contribution in [0.1, 0.15) is 28.8 Å². The minimum absolute atomic E-state index is 0.175. The van der Waals surface area contributed by atoms with Crippen molar-refractivity contribution < 1.29 is 4.79 Å². The maximum Gasteiger partial charge on any atom is 0.256 e. The van der Waals surface area contributed by atoms with E-state index in [1.54, 1.807) is 12.1 Å². The molecule has 0 saturated heterocycles. The average Bonchev–Trinajstić information content (AvgIpc) is 3.25. The highest BCUT2D eigenvalue weighted by Gasteiger charge is 2.21. The maximum absolute atomic E-state index is 12.0. The van der Waals surface area contributed by atoms with Gasteiger partial charge in [0, 0.05) is 11.6 Å². The lowest BCUT2D eigenvalue weighted by atomic mass is 10.1. The average molecular weight is 268 g/mol. The van der Waals surface area contributed by atoms with Gasteiger partial charge in [-0.15, -0.1) is 10.2 Å². The van der Waals surface area contributed by atoms with Crippen molar-refractivity contribution in [1.29, 1.82) is 0 Å². The van der Waals surface area contributed by atoms with Crippen molar-refractivity contribution in [1.82, 2.24) is 10.2 Å². The Morgan fingerprint density at radius 1 is 1.15 bits per heavy atom. The number of anilines is 2. The lowest BCUT2D eigenvalue weighted by molar-refractivity contribution is 0.102. The Morgan fingerprint density at radius 2 is 1.90 bits per heavy atom. The number of carbonyl (C=O) groups excluding carboxylic acids is 1. The number of hydrogen-bond acceptors (Lipinski definition) is 4. The van der Waals surface area contributed by atoms with Gasteiger partial charge in [-0.25, -0.2) is 0 Å². The lowest BCUT2D eigenvalue weighted by Gasteiger charge is -2.06. The molecule has 1 aromatic heterocycles. The normalized spacial score (nSPS) is 13.8. The van der Waals surface area contributed by atoms with Crippen LogP contribution in [0.4, 0.5) is 11.6 Å². The first kappa shape index (κ1) is 12.6. The lowest BCUT2D eigenvalue weighted by Crippen LogP contribution is -2.14. The zero-order chi connectivity index (χ0) is 13.9. The summed E-state index contributed by atoms with van der Waals surface area (Å²) in [6.07, 6.45) is 2.38. The van der Waals surface area contributed by atoms with E-state index in [1.807, 2.05) is 31.2 Å². The van der Waals surface area contributed by atoms with Crippen LogP contribution in [0.15, 0.2) is 36.4 Å². The smallest absolute Gasteiger partial charge is 0.256 e. The Hall–Kier alpha value is -2.43. The van der Waals surface area contributed by atoms with Crippen LogP contribution in [0.5, 0.6) is 0 Å². The maximum atomic E-state index is 12.0. The molecule has 1 heterocycles. The number of nitrogens with one attached hydrogen (secondary N) is 2. The number of amides is 1. The topological polar surface area (TPSA) is 66.9 Å². The predicted octanol–water partition coefficient (Wildman–Crippen LogP) is 2.61. The van der Waals surface area contributed by atoms with Crippen molar-refractivity contribution in [2.24, 2.45) is 0 Å². The Balaban J connectivity index is 1.65. The minimum Gasteiger partial charge on any atom is -0.366 e. The first-order valence-electron chi connectivity index (χ1n) is 6.69. The van der Waals surface area contributed by atoms with Crippen LogP contribution in [0, 0.1) is 6.92 Å². The molecule has 1 fully saturated rings. The number of nitrogens with zero attached hydrogens (tertiary/aromatic N) is 2. The molecule has 0 spiro atoms. The van der Waals surface area contributed by atoms with Gasteiger partial charge in [-0.3, -0.25) is 4.79 Å². The summed E-state index contributed by atoms with van der Waals surface area (Å²) in [5.74, 6) is 1.03. The Labute approximate surface area is 117 Å². The zero-order valence-electron chi connectivity index (χ0n) is 11.3. The second-order valence-electron chi connectivity index (χ2n) is 5.05. The third kappa shape index (κ3) is 3.12. The first-order chi connectivity index (χ1) is 9.70. The third-order valence-corrected chi connectivity index (χ3v) is 3.12. The molecule has 2 aromatic rings. The van der Waals surface area contributed by atoms with Gasteiger partial charge >= 0.3 is 0 Å². The highest BCUT2D eigenvalue weighted by molar-refractivity contribution is 6.03. The van der Waals surface area contributed by atoms with Gasteiger partial charge in [-0.2, -0.15) is 0 Å². The number of benzene rings is 1. The standard InChI is InChI=1S/C15H16N4O/c1-10-3-2-4-11(9-10)15(20)17-14-8-7-13(18-19-14)16-12-5-6-12/h2-4,7-9,12H,5-6H2,1H3,(H,16,18)(H,17,19,20). The fourth-order valence-electron chi connectivity index (χ4n) is 1.89. The van der Waals surface area contributed by atoms with Crippen LogP contribution in [0.3, 0.4) is 0 Å². The number of hydrogen-bond donors (Lipinski definition) is 2. The van der Waals surface area contributed by atoms with Crippen molar-refractivity contribution in [2.45, 2.75) is 25.8 Å². The summed E-state index contributed by atoms with van der Waals surface area (Å²) in [5, 5.41) is 14.0. The number of rotatable bonds is 4. The van der Waals surface area contributed by atoms with Crippen molar-refractivity contribution in [3.05, 3.63) is 47.5 Å². The van der Waals surface area contributed by atoms with Gasteiger partial charge in [-0.1, -0.05) is 17.7 Å². The molecule has 0 bridgehead atoms. The molecule has 1 amide bonds. The number of carbonyl (C=O) groups is 1. The van der Waals surface area contributed by atoms with E-state index in [1.165, 1.54) is 12.8 Å². The summed E-state index contributed by atoms with van der Waals surface area (Å²) in [6.45, 7) is 1.95. The highest BCUT2D eigenvalue weighted by Crippen LogP contribution is 2.23. The van der Waals surface area contributed by atoms with E-state index < -0.39 is 0 Å². The van der Waals surface area contributed by atoms with Crippen LogP contribution in [0.25, 0.3) is 0 Å². The van der Waals surface area contributed by atoms with Crippen LogP contribution in [0.2, 0.25) is 0 Å². The largest absolute Gasteiger partial charge is 0.366 e. The van der Waals surface area contributed by atoms with Gasteiger partial charge in [0.2, 0.25) is 0 Å².